The Kier molecular flexibility index (Phi) is 5.42. The van der Waals surface area contributed by atoms with Crippen molar-refractivity contribution in [2.45, 2.75) is 32.2 Å². The molecule has 1 N–H and O–H groups in total. The lowest BCUT2D eigenvalue weighted by Crippen LogP contribution is -2.46. The van der Waals surface area contributed by atoms with Gasteiger partial charge in [0.15, 0.2) is 0 Å². The van der Waals surface area contributed by atoms with Crippen molar-refractivity contribution in [2.24, 2.45) is 0 Å². The van der Waals surface area contributed by atoms with Gasteiger partial charge in [-0.05, 0) is 25.0 Å². The van der Waals surface area contributed by atoms with E-state index in [0.717, 1.165) is 12.8 Å². The van der Waals surface area contributed by atoms with Crippen LogP contribution in [0.1, 0.15) is 36.7 Å². The molecule has 1 saturated heterocycles. The van der Waals surface area contributed by atoms with Crippen LogP contribution in [0.5, 0.6) is 0 Å². The molecule has 0 saturated carbocycles. The average Bonchev–Trinajstić information content (AvgIpc) is 2.49. The number of hydrogen-bond donors (Lipinski definition) is 1. The molecule has 0 atom stereocenters. The molecule has 2 heterocycles. The molecular formula is C14H17Cl2N3O2. The highest BCUT2D eigenvalue weighted by molar-refractivity contribution is 6.34. The van der Waals surface area contributed by atoms with Gasteiger partial charge in [-0.2, -0.15) is 0 Å². The minimum Gasteiger partial charge on any atom is -0.353 e. The Balaban J connectivity index is 1.97. The first-order valence-electron chi connectivity index (χ1n) is 6.92. The first-order valence-corrected chi connectivity index (χ1v) is 7.67. The molecule has 2 rings (SSSR count). The third-order valence-electron chi connectivity index (χ3n) is 3.48. The normalized spacial score (nSPS) is 15.9. The number of hydrogen-bond acceptors (Lipinski definition) is 3. The Morgan fingerprint density at radius 3 is 2.62 bits per heavy atom. The number of rotatable bonds is 3. The van der Waals surface area contributed by atoms with Gasteiger partial charge < -0.3 is 10.2 Å². The molecule has 0 aliphatic carbocycles. The van der Waals surface area contributed by atoms with Crippen molar-refractivity contribution in [3.05, 3.63) is 28.0 Å². The van der Waals surface area contributed by atoms with E-state index in [1.807, 2.05) is 6.92 Å². The van der Waals surface area contributed by atoms with Crippen LogP contribution in [-0.4, -0.2) is 40.8 Å². The molecule has 21 heavy (non-hydrogen) atoms. The van der Waals surface area contributed by atoms with Gasteiger partial charge in [0.05, 0.1) is 5.02 Å². The van der Waals surface area contributed by atoms with E-state index in [1.165, 1.54) is 0 Å². The molecule has 1 aromatic rings. The number of aromatic nitrogens is 1. The Labute approximate surface area is 133 Å². The van der Waals surface area contributed by atoms with Crippen molar-refractivity contribution in [1.82, 2.24) is 15.2 Å². The van der Waals surface area contributed by atoms with Crippen LogP contribution >= 0.6 is 23.2 Å². The molecule has 2 amide bonds. The molecular weight excluding hydrogens is 313 g/mol. The SMILES string of the molecule is CCC(=O)NC1CCN(C(=O)c2nc(Cl)ccc2Cl)CC1. The van der Waals surface area contributed by atoms with Crippen molar-refractivity contribution >= 4 is 35.0 Å². The fourth-order valence-electron chi connectivity index (χ4n) is 2.27. The first kappa shape index (κ1) is 16.0. The van der Waals surface area contributed by atoms with E-state index in [-0.39, 0.29) is 28.7 Å². The number of pyridine rings is 1. The number of carbonyl (C=O) groups excluding carboxylic acids is 2. The van der Waals surface area contributed by atoms with Gasteiger partial charge in [0.2, 0.25) is 5.91 Å². The molecule has 1 aliphatic rings. The molecule has 114 valence electrons. The van der Waals surface area contributed by atoms with Crippen LogP contribution < -0.4 is 5.32 Å². The van der Waals surface area contributed by atoms with Crippen LogP contribution in [0.3, 0.4) is 0 Å². The lowest BCUT2D eigenvalue weighted by Gasteiger charge is -2.32. The lowest BCUT2D eigenvalue weighted by molar-refractivity contribution is -0.121. The van der Waals surface area contributed by atoms with Crippen LogP contribution in [0.25, 0.3) is 0 Å². The summed E-state index contributed by atoms with van der Waals surface area (Å²) >= 11 is 11.8. The van der Waals surface area contributed by atoms with E-state index < -0.39 is 0 Å². The highest BCUT2D eigenvalue weighted by Crippen LogP contribution is 2.20. The third kappa shape index (κ3) is 4.08. The molecule has 5 nitrogen and oxygen atoms in total. The maximum absolute atomic E-state index is 12.4. The van der Waals surface area contributed by atoms with Crippen LogP contribution in [0.2, 0.25) is 10.2 Å². The molecule has 1 aromatic heterocycles. The molecule has 1 aliphatic heterocycles. The number of amides is 2. The highest BCUT2D eigenvalue weighted by atomic mass is 35.5. The Morgan fingerprint density at radius 1 is 1.33 bits per heavy atom. The van der Waals surface area contributed by atoms with E-state index in [2.05, 4.69) is 10.3 Å². The van der Waals surface area contributed by atoms with Crippen LogP contribution in [0.15, 0.2) is 12.1 Å². The molecule has 0 aromatic carbocycles. The second-order valence-electron chi connectivity index (χ2n) is 4.95. The molecule has 0 unspecified atom stereocenters. The number of likely N-dealkylation sites (tertiary alicyclic amines) is 1. The summed E-state index contributed by atoms with van der Waals surface area (Å²) in [5, 5.41) is 3.49. The zero-order valence-corrected chi connectivity index (χ0v) is 13.2. The zero-order chi connectivity index (χ0) is 15.4. The van der Waals surface area contributed by atoms with E-state index in [9.17, 15) is 9.59 Å². The van der Waals surface area contributed by atoms with E-state index in [0.29, 0.717) is 24.5 Å². The summed E-state index contributed by atoms with van der Waals surface area (Å²) < 4.78 is 0. The van der Waals surface area contributed by atoms with E-state index >= 15 is 0 Å². The number of nitrogens with zero attached hydrogens (tertiary/aromatic N) is 2. The molecule has 0 radical (unpaired) electrons. The summed E-state index contributed by atoms with van der Waals surface area (Å²) in [7, 11) is 0. The summed E-state index contributed by atoms with van der Waals surface area (Å²) in [4.78, 5) is 29.5. The molecule has 7 heteroatoms. The second kappa shape index (κ2) is 7.09. The minimum atomic E-state index is -0.220. The number of halogens is 2. The first-order chi connectivity index (χ1) is 10.0. The largest absolute Gasteiger partial charge is 0.353 e. The van der Waals surface area contributed by atoms with Gasteiger partial charge in [-0.3, -0.25) is 9.59 Å². The Hall–Kier alpha value is -1.33. The van der Waals surface area contributed by atoms with Gasteiger partial charge in [-0.25, -0.2) is 4.98 Å². The summed E-state index contributed by atoms with van der Waals surface area (Å²) in [6.07, 6.45) is 1.94. The van der Waals surface area contributed by atoms with Crippen molar-refractivity contribution in [1.29, 1.82) is 0 Å². The monoisotopic (exact) mass is 329 g/mol. The van der Waals surface area contributed by atoms with Crippen LogP contribution in [0, 0.1) is 0 Å². The predicted molar refractivity (Wildman–Crippen MR) is 81.6 cm³/mol. The summed E-state index contributed by atoms with van der Waals surface area (Å²) in [6, 6.07) is 3.25. The third-order valence-corrected chi connectivity index (χ3v) is 4.00. The maximum atomic E-state index is 12.4. The van der Waals surface area contributed by atoms with Gasteiger partial charge in [0.25, 0.3) is 5.91 Å². The quantitative estimate of drug-likeness (QED) is 0.866. The fourth-order valence-corrected chi connectivity index (χ4v) is 2.61. The number of piperidine rings is 1. The Bertz CT molecular complexity index is 543. The molecule has 0 bridgehead atoms. The zero-order valence-electron chi connectivity index (χ0n) is 11.7. The van der Waals surface area contributed by atoms with Gasteiger partial charge in [-0.15, -0.1) is 0 Å². The van der Waals surface area contributed by atoms with Crippen LogP contribution in [-0.2, 0) is 4.79 Å². The van der Waals surface area contributed by atoms with Gasteiger partial charge in [-0.1, -0.05) is 30.1 Å². The van der Waals surface area contributed by atoms with Crippen molar-refractivity contribution < 1.29 is 9.59 Å². The smallest absolute Gasteiger partial charge is 0.274 e. The Morgan fingerprint density at radius 2 is 2.00 bits per heavy atom. The van der Waals surface area contributed by atoms with Gasteiger partial charge >= 0.3 is 0 Å². The van der Waals surface area contributed by atoms with E-state index in [1.54, 1.807) is 17.0 Å². The lowest BCUT2D eigenvalue weighted by atomic mass is 10.0. The molecule has 0 spiro atoms. The summed E-state index contributed by atoms with van der Waals surface area (Å²) in [5.41, 5.74) is 0.181. The average molecular weight is 330 g/mol. The van der Waals surface area contributed by atoms with Crippen molar-refractivity contribution in [2.75, 3.05) is 13.1 Å². The standard InChI is InChI=1S/C14H17Cl2N3O2/c1-2-12(20)17-9-5-7-19(8-6-9)14(21)13-10(15)3-4-11(16)18-13/h3-4,9H,2,5-8H2,1H3,(H,17,20). The topological polar surface area (TPSA) is 62.3 Å². The summed E-state index contributed by atoms with van der Waals surface area (Å²) in [6.45, 7) is 2.96. The van der Waals surface area contributed by atoms with Crippen molar-refractivity contribution in [3.8, 4) is 0 Å². The maximum Gasteiger partial charge on any atom is 0.274 e. The minimum absolute atomic E-state index is 0.0410. The second-order valence-corrected chi connectivity index (χ2v) is 5.75. The summed E-state index contributed by atoms with van der Waals surface area (Å²) in [5.74, 6) is -0.179. The van der Waals surface area contributed by atoms with Crippen molar-refractivity contribution in [3.63, 3.8) is 0 Å². The highest BCUT2D eigenvalue weighted by Gasteiger charge is 2.26. The molecule has 1 fully saturated rings. The van der Waals surface area contributed by atoms with Gasteiger partial charge in [0, 0.05) is 25.6 Å². The van der Waals surface area contributed by atoms with E-state index in [4.69, 9.17) is 23.2 Å². The number of nitrogens with one attached hydrogen (secondary N) is 1. The predicted octanol–water partition coefficient (Wildman–Crippen LogP) is 2.52. The van der Waals surface area contributed by atoms with Crippen LogP contribution in [0.4, 0.5) is 0 Å². The number of carbonyl (C=O) groups is 2. The van der Waals surface area contributed by atoms with Gasteiger partial charge in [0.1, 0.15) is 10.8 Å². The fraction of sp³-hybridized carbons (Fsp3) is 0.500.